The Kier molecular flexibility index (Phi) is 3.90. The molecule has 0 fully saturated rings. The molecule has 0 aliphatic carbocycles. The fraction of sp³-hybridized carbons (Fsp3) is 0.308. The molecule has 0 saturated heterocycles. The van der Waals surface area contributed by atoms with Crippen LogP contribution in [0.15, 0.2) is 43.2 Å². The van der Waals surface area contributed by atoms with Gasteiger partial charge >= 0.3 is 0 Å². The molecule has 90 valence electrons. The summed E-state index contributed by atoms with van der Waals surface area (Å²) in [5.74, 6) is 0. The molecule has 17 heavy (non-hydrogen) atoms. The maximum Gasteiger partial charge on any atom is 0.0959 e. The molecule has 1 unspecified atom stereocenters. The van der Waals surface area contributed by atoms with Crippen molar-refractivity contribution in [3.63, 3.8) is 0 Å². The minimum Gasteiger partial charge on any atom is -0.389 e. The summed E-state index contributed by atoms with van der Waals surface area (Å²) in [5.41, 5.74) is 1.96. The number of ether oxygens (including phenoxy) is 1. The van der Waals surface area contributed by atoms with Gasteiger partial charge in [-0.3, -0.25) is 0 Å². The van der Waals surface area contributed by atoms with E-state index in [-0.39, 0.29) is 0 Å². The van der Waals surface area contributed by atoms with Crippen LogP contribution in [0.4, 0.5) is 0 Å². The number of aliphatic hydroxyl groups is 1. The normalized spacial score (nSPS) is 12.8. The zero-order valence-corrected chi connectivity index (χ0v) is 9.62. The summed E-state index contributed by atoms with van der Waals surface area (Å²) in [6.45, 7) is 4.80. The molecule has 0 aliphatic rings. The van der Waals surface area contributed by atoms with Crippen molar-refractivity contribution >= 4 is 11.0 Å². The summed E-state index contributed by atoms with van der Waals surface area (Å²) in [4.78, 5) is 4.26. The van der Waals surface area contributed by atoms with E-state index in [0.717, 1.165) is 11.0 Å². The highest BCUT2D eigenvalue weighted by molar-refractivity contribution is 5.74. The Hall–Kier alpha value is -1.65. The zero-order valence-electron chi connectivity index (χ0n) is 9.62. The molecule has 0 aliphatic heterocycles. The van der Waals surface area contributed by atoms with Crippen molar-refractivity contribution < 1.29 is 9.84 Å². The SMILES string of the molecule is C=CCOCC(O)Cn1cnc2ccccc21. The van der Waals surface area contributed by atoms with Crippen LogP contribution in [0.3, 0.4) is 0 Å². The first-order valence-corrected chi connectivity index (χ1v) is 5.58. The van der Waals surface area contributed by atoms with Crippen molar-refractivity contribution in [3.8, 4) is 0 Å². The summed E-state index contributed by atoms with van der Waals surface area (Å²) in [5, 5.41) is 9.80. The smallest absolute Gasteiger partial charge is 0.0959 e. The molecule has 0 saturated carbocycles. The third-order valence-corrected chi connectivity index (χ3v) is 2.48. The molecule has 0 amide bonds. The Balaban J connectivity index is 2.00. The second kappa shape index (κ2) is 5.61. The van der Waals surface area contributed by atoms with E-state index in [0.29, 0.717) is 19.8 Å². The Morgan fingerprint density at radius 2 is 2.29 bits per heavy atom. The van der Waals surface area contributed by atoms with Crippen LogP contribution < -0.4 is 0 Å². The first-order chi connectivity index (χ1) is 8.31. The summed E-state index contributed by atoms with van der Waals surface area (Å²) < 4.78 is 7.13. The maximum absolute atomic E-state index is 9.80. The molecule has 1 N–H and O–H groups in total. The van der Waals surface area contributed by atoms with Crippen molar-refractivity contribution in [2.24, 2.45) is 0 Å². The van der Waals surface area contributed by atoms with Crippen LogP contribution in [0, 0.1) is 0 Å². The van der Waals surface area contributed by atoms with Gasteiger partial charge in [-0.15, -0.1) is 6.58 Å². The van der Waals surface area contributed by atoms with Gasteiger partial charge in [0.05, 0.1) is 43.2 Å². The van der Waals surface area contributed by atoms with Gasteiger partial charge in [0.1, 0.15) is 0 Å². The van der Waals surface area contributed by atoms with E-state index in [2.05, 4.69) is 11.6 Å². The first kappa shape index (κ1) is 11.8. The minimum absolute atomic E-state index is 0.304. The number of imidazole rings is 1. The lowest BCUT2D eigenvalue weighted by Crippen LogP contribution is -2.21. The molecule has 1 aromatic heterocycles. The quantitative estimate of drug-likeness (QED) is 0.608. The van der Waals surface area contributed by atoms with Crippen LogP contribution in [0.25, 0.3) is 11.0 Å². The predicted octanol–water partition coefficient (Wildman–Crippen LogP) is 1.60. The van der Waals surface area contributed by atoms with Crippen molar-refractivity contribution in [3.05, 3.63) is 43.2 Å². The van der Waals surface area contributed by atoms with Gasteiger partial charge in [0, 0.05) is 0 Å². The monoisotopic (exact) mass is 232 g/mol. The van der Waals surface area contributed by atoms with Gasteiger partial charge in [0.15, 0.2) is 0 Å². The first-order valence-electron chi connectivity index (χ1n) is 5.58. The number of aromatic nitrogens is 2. The number of hydrogen-bond acceptors (Lipinski definition) is 3. The van der Waals surface area contributed by atoms with Crippen molar-refractivity contribution in [1.29, 1.82) is 0 Å². The lowest BCUT2D eigenvalue weighted by Gasteiger charge is -2.11. The van der Waals surface area contributed by atoms with E-state index in [9.17, 15) is 5.11 Å². The highest BCUT2D eigenvalue weighted by atomic mass is 16.5. The van der Waals surface area contributed by atoms with E-state index in [4.69, 9.17) is 4.74 Å². The molecule has 1 aromatic carbocycles. The van der Waals surface area contributed by atoms with Gasteiger partial charge in [-0.05, 0) is 12.1 Å². The highest BCUT2D eigenvalue weighted by Crippen LogP contribution is 2.12. The van der Waals surface area contributed by atoms with E-state index >= 15 is 0 Å². The van der Waals surface area contributed by atoms with Gasteiger partial charge in [-0.25, -0.2) is 4.98 Å². The Bertz CT molecular complexity index is 493. The van der Waals surface area contributed by atoms with E-state index in [1.807, 2.05) is 28.8 Å². The third kappa shape index (κ3) is 2.93. The molecular formula is C13H16N2O2. The zero-order chi connectivity index (χ0) is 12.1. The third-order valence-electron chi connectivity index (χ3n) is 2.48. The fourth-order valence-corrected chi connectivity index (χ4v) is 1.72. The van der Waals surface area contributed by atoms with E-state index in [1.54, 1.807) is 12.4 Å². The molecule has 1 heterocycles. The van der Waals surface area contributed by atoms with Crippen LogP contribution in [-0.4, -0.2) is 34.0 Å². The molecule has 0 spiro atoms. The molecule has 0 bridgehead atoms. The lowest BCUT2D eigenvalue weighted by molar-refractivity contribution is 0.0402. The largest absolute Gasteiger partial charge is 0.389 e. The number of fused-ring (bicyclic) bond motifs is 1. The van der Waals surface area contributed by atoms with E-state index in [1.165, 1.54) is 0 Å². The second-order valence-corrected chi connectivity index (χ2v) is 3.87. The van der Waals surface area contributed by atoms with Gasteiger partial charge < -0.3 is 14.4 Å². The Labute approximate surface area is 100 Å². The molecule has 4 nitrogen and oxygen atoms in total. The average molecular weight is 232 g/mol. The summed E-state index contributed by atoms with van der Waals surface area (Å²) in [7, 11) is 0. The van der Waals surface area contributed by atoms with Crippen LogP contribution in [0.5, 0.6) is 0 Å². The van der Waals surface area contributed by atoms with Gasteiger partial charge in [-0.1, -0.05) is 18.2 Å². The van der Waals surface area contributed by atoms with Crippen molar-refractivity contribution in [1.82, 2.24) is 9.55 Å². The fourth-order valence-electron chi connectivity index (χ4n) is 1.72. The number of aliphatic hydroxyl groups excluding tert-OH is 1. The van der Waals surface area contributed by atoms with Crippen LogP contribution in [0.2, 0.25) is 0 Å². The van der Waals surface area contributed by atoms with Crippen molar-refractivity contribution in [2.75, 3.05) is 13.2 Å². The number of para-hydroxylation sites is 2. The summed E-state index contributed by atoms with van der Waals surface area (Å²) >= 11 is 0. The summed E-state index contributed by atoms with van der Waals surface area (Å²) in [6.07, 6.45) is 2.87. The number of rotatable bonds is 6. The van der Waals surface area contributed by atoms with Gasteiger partial charge in [0.2, 0.25) is 0 Å². The van der Waals surface area contributed by atoms with Crippen LogP contribution >= 0.6 is 0 Å². The van der Waals surface area contributed by atoms with Gasteiger partial charge in [-0.2, -0.15) is 0 Å². The lowest BCUT2D eigenvalue weighted by atomic mass is 10.3. The second-order valence-electron chi connectivity index (χ2n) is 3.87. The van der Waals surface area contributed by atoms with E-state index < -0.39 is 6.10 Å². The molecular weight excluding hydrogens is 216 g/mol. The molecule has 2 rings (SSSR count). The summed E-state index contributed by atoms with van der Waals surface area (Å²) in [6, 6.07) is 7.84. The van der Waals surface area contributed by atoms with Gasteiger partial charge in [0.25, 0.3) is 0 Å². The predicted molar refractivity (Wildman–Crippen MR) is 66.8 cm³/mol. The average Bonchev–Trinajstić information content (AvgIpc) is 2.73. The highest BCUT2D eigenvalue weighted by Gasteiger charge is 2.07. The Morgan fingerprint density at radius 1 is 1.47 bits per heavy atom. The molecule has 2 aromatic rings. The van der Waals surface area contributed by atoms with Crippen LogP contribution in [-0.2, 0) is 11.3 Å². The number of nitrogens with zero attached hydrogens (tertiary/aromatic N) is 2. The molecule has 0 radical (unpaired) electrons. The molecule has 4 heteroatoms. The maximum atomic E-state index is 9.80. The topological polar surface area (TPSA) is 47.3 Å². The van der Waals surface area contributed by atoms with Crippen LogP contribution in [0.1, 0.15) is 0 Å². The standard InChI is InChI=1S/C13H16N2O2/c1-2-7-17-9-11(16)8-15-10-14-12-5-3-4-6-13(12)15/h2-6,10-11,16H,1,7-9H2. The number of hydrogen-bond donors (Lipinski definition) is 1. The minimum atomic E-state index is -0.535. The number of benzene rings is 1. The molecule has 1 atom stereocenters. The van der Waals surface area contributed by atoms with Crippen molar-refractivity contribution in [2.45, 2.75) is 12.6 Å². The Morgan fingerprint density at radius 3 is 3.12 bits per heavy atom.